The smallest absolute Gasteiger partial charge is 0.141 e. The Labute approximate surface area is 105 Å². The SMILES string of the molecule is CCCCN(CCCC)c1cccc(C)c1O. The summed E-state index contributed by atoms with van der Waals surface area (Å²) in [5.41, 5.74) is 1.95. The van der Waals surface area contributed by atoms with Crippen molar-refractivity contribution in [1.29, 1.82) is 0 Å². The molecule has 0 amide bonds. The van der Waals surface area contributed by atoms with Crippen LogP contribution in [0.1, 0.15) is 45.1 Å². The molecule has 0 atom stereocenters. The summed E-state index contributed by atoms with van der Waals surface area (Å²) in [7, 11) is 0. The molecule has 0 spiro atoms. The predicted molar refractivity (Wildman–Crippen MR) is 74.9 cm³/mol. The molecule has 0 saturated carbocycles. The molecule has 0 aliphatic carbocycles. The van der Waals surface area contributed by atoms with Crippen molar-refractivity contribution in [3.8, 4) is 5.75 Å². The largest absolute Gasteiger partial charge is 0.505 e. The molecule has 0 saturated heterocycles. The van der Waals surface area contributed by atoms with E-state index in [2.05, 4.69) is 18.7 Å². The predicted octanol–water partition coefficient (Wildman–Crippen LogP) is 4.11. The van der Waals surface area contributed by atoms with Gasteiger partial charge in [0.15, 0.2) is 0 Å². The van der Waals surface area contributed by atoms with Gasteiger partial charge in [-0.15, -0.1) is 0 Å². The van der Waals surface area contributed by atoms with Crippen LogP contribution in [0.3, 0.4) is 0 Å². The molecule has 0 aliphatic rings. The molecule has 0 radical (unpaired) electrons. The van der Waals surface area contributed by atoms with E-state index in [9.17, 15) is 5.11 Å². The first-order chi connectivity index (χ1) is 8.20. The highest BCUT2D eigenvalue weighted by atomic mass is 16.3. The van der Waals surface area contributed by atoms with Crippen LogP contribution in [-0.4, -0.2) is 18.2 Å². The van der Waals surface area contributed by atoms with E-state index in [0.29, 0.717) is 5.75 Å². The lowest BCUT2D eigenvalue weighted by atomic mass is 10.1. The Morgan fingerprint density at radius 3 is 2.18 bits per heavy atom. The summed E-state index contributed by atoms with van der Waals surface area (Å²) in [4.78, 5) is 2.31. The van der Waals surface area contributed by atoms with Gasteiger partial charge >= 0.3 is 0 Å². The number of nitrogens with zero attached hydrogens (tertiary/aromatic N) is 1. The fourth-order valence-corrected chi connectivity index (χ4v) is 1.95. The maximum absolute atomic E-state index is 10.1. The highest BCUT2D eigenvalue weighted by molar-refractivity contribution is 5.60. The second kappa shape index (κ2) is 7.21. The van der Waals surface area contributed by atoms with Gasteiger partial charge in [-0.1, -0.05) is 38.8 Å². The lowest BCUT2D eigenvalue weighted by molar-refractivity contribution is 0.468. The maximum Gasteiger partial charge on any atom is 0.141 e. The molecule has 1 aromatic rings. The number of rotatable bonds is 7. The van der Waals surface area contributed by atoms with Crippen LogP contribution in [0, 0.1) is 6.92 Å². The molecule has 1 N–H and O–H groups in total. The molecule has 1 aromatic carbocycles. The van der Waals surface area contributed by atoms with Crippen molar-refractivity contribution in [1.82, 2.24) is 0 Å². The van der Waals surface area contributed by atoms with E-state index in [1.165, 1.54) is 25.7 Å². The minimum Gasteiger partial charge on any atom is -0.505 e. The Hall–Kier alpha value is -1.18. The summed E-state index contributed by atoms with van der Waals surface area (Å²) in [6, 6.07) is 6.00. The van der Waals surface area contributed by atoms with E-state index in [0.717, 1.165) is 24.3 Å². The number of para-hydroxylation sites is 1. The molecular formula is C15H25NO. The standard InChI is InChI=1S/C15H25NO/c1-4-6-11-16(12-7-5-2)14-10-8-9-13(3)15(14)17/h8-10,17H,4-7,11-12H2,1-3H3. The number of aromatic hydroxyl groups is 1. The summed E-state index contributed by atoms with van der Waals surface area (Å²) in [5, 5.41) is 10.1. The van der Waals surface area contributed by atoms with Gasteiger partial charge in [0.2, 0.25) is 0 Å². The fraction of sp³-hybridized carbons (Fsp3) is 0.600. The van der Waals surface area contributed by atoms with E-state index in [1.54, 1.807) is 0 Å². The Kier molecular flexibility index (Phi) is 5.88. The van der Waals surface area contributed by atoms with E-state index in [4.69, 9.17) is 0 Å². The maximum atomic E-state index is 10.1. The molecule has 0 aliphatic heterocycles. The summed E-state index contributed by atoms with van der Waals surface area (Å²) in [6.07, 6.45) is 4.73. The van der Waals surface area contributed by atoms with Gasteiger partial charge in [-0.05, 0) is 31.4 Å². The Bertz CT molecular complexity index is 328. The van der Waals surface area contributed by atoms with Crippen molar-refractivity contribution < 1.29 is 5.11 Å². The van der Waals surface area contributed by atoms with Crippen molar-refractivity contribution in [2.75, 3.05) is 18.0 Å². The summed E-state index contributed by atoms with van der Waals surface area (Å²) in [5.74, 6) is 0.444. The van der Waals surface area contributed by atoms with Gasteiger partial charge in [0.05, 0.1) is 5.69 Å². The van der Waals surface area contributed by atoms with Crippen LogP contribution in [0.5, 0.6) is 5.75 Å². The first kappa shape index (κ1) is 13.9. The summed E-state index contributed by atoms with van der Waals surface area (Å²) >= 11 is 0. The van der Waals surface area contributed by atoms with Crippen LogP contribution in [0.4, 0.5) is 5.69 Å². The van der Waals surface area contributed by atoms with Crippen LogP contribution in [0.2, 0.25) is 0 Å². The molecule has 0 bridgehead atoms. The number of aryl methyl sites for hydroxylation is 1. The first-order valence-corrected chi connectivity index (χ1v) is 6.74. The number of anilines is 1. The van der Waals surface area contributed by atoms with Crippen molar-refractivity contribution in [3.63, 3.8) is 0 Å². The normalized spacial score (nSPS) is 10.5. The third kappa shape index (κ3) is 3.95. The molecule has 2 nitrogen and oxygen atoms in total. The van der Waals surface area contributed by atoms with Crippen LogP contribution in [-0.2, 0) is 0 Å². The van der Waals surface area contributed by atoms with E-state index in [1.807, 2.05) is 25.1 Å². The monoisotopic (exact) mass is 235 g/mol. The van der Waals surface area contributed by atoms with Gasteiger partial charge in [0.25, 0.3) is 0 Å². The number of hydrogen-bond acceptors (Lipinski definition) is 2. The Morgan fingerprint density at radius 2 is 1.65 bits per heavy atom. The number of hydrogen-bond donors (Lipinski definition) is 1. The Balaban J connectivity index is 2.83. The Morgan fingerprint density at radius 1 is 1.06 bits per heavy atom. The number of phenolic OH excluding ortho intramolecular Hbond substituents is 1. The highest BCUT2D eigenvalue weighted by Gasteiger charge is 2.11. The van der Waals surface area contributed by atoms with Crippen molar-refractivity contribution in [3.05, 3.63) is 23.8 Å². The summed E-state index contributed by atoms with van der Waals surface area (Å²) < 4.78 is 0. The van der Waals surface area contributed by atoms with Gasteiger partial charge in [-0.2, -0.15) is 0 Å². The van der Waals surface area contributed by atoms with Crippen molar-refractivity contribution in [2.24, 2.45) is 0 Å². The fourth-order valence-electron chi connectivity index (χ4n) is 1.95. The highest BCUT2D eigenvalue weighted by Crippen LogP contribution is 2.30. The van der Waals surface area contributed by atoms with Crippen molar-refractivity contribution in [2.45, 2.75) is 46.5 Å². The van der Waals surface area contributed by atoms with Crippen molar-refractivity contribution >= 4 is 5.69 Å². The van der Waals surface area contributed by atoms with Gasteiger partial charge in [-0.25, -0.2) is 0 Å². The van der Waals surface area contributed by atoms with Crippen LogP contribution >= 0.6 is 0 Å². The molecular weight excluding hydrogens is 210 g/mol. The van der Waals surface area contributed by atoms with E-state index >= 15 is 0 Å². The van der Waals surface area contributed by atoms with Crippen LogP contribution < -0.4 is 4.90 Å². The second-order valence-corrected chi connectivity index (χ2v) is 4.64. The lowest BCUT2D eigenvalue weighted by Crippen LogP contribution is -2.25. The minimum absolute atomic E-state index is 0.444. The molecule has 0 fully saturated rings. The minimum atomic E-state index is 0.444. The second-order valence-electron chi connectivity index (χ2n) is 4.64. The summed E-state index contributed by atoms with van der Waals surface area (Å²) in [6.45, 7) is 8.43. The third-order valence-corrected chi connectivity index (χ3v) is 3.12. The first-order valence-electron chi connectivity index (χ1n) is 6.74. The number of benzene rings is 1. The molecule has 0 heterocycles. The molecule has 1 rings (SSSR count). The van der Waals surface area contributed by atoms with E-state index < -0.39 is 0 Å². The molecule has 96 valence electrons. The lowest BCUT2D eigenvalue weighted by Gasteiger charge is -2.26. The van der Waals surface area contributed by atoms with Gasteiger partial charge in [-0.3, -0.25) is 0 Å². The average molecular weight is 235 g/mol. The number of unbranched alkanes of at least 4 members (excludes halogenated alkanes) is 2. The van der Waals surface area contributed by atoms with Gasteiger partial charge in [0, 0.05) is 13.1 Å². The molecule has 0 unspecified atom stereocenters. The molecule has 17 heavy (non-hydrogen) atoms. The van der Waals surface area contributed by atoms with Gasteiger partial charge in [0.1, 0.15) is 5.75 Å². The number of phenols is 1. The molecule has 2 heteroatoms. The zero-order valence-corrected chi connectivity index (χ0v) is 11.4. The average Bonchev–Trinajstić information content (AvgIpc) is 2.34. The zero-order valence-electron chi connectivity index (χ0n) is 11.4. The topological polar surface area (TPSA) is 23.5 Å². The molecule has 0 aromatic heterocycles. The third-order valence-electron chi connectivity index (χ3n) is 3.12. The van der Waals surface area contributed by atoms with Crippen LogP contribution in [0.25, 0.3) is 0 Å². The quantitative estimate of drug-likeness (QED) is 0.769. The zero-order chi connectivity index (χ0) is 12.7. The van der Waals surface area contributed by atoms with Gasteiger partial charge < -0.3 is 10.0 Å². The van der Waals surface area contributed by atoms with E-state index in [-0.39, 0.29) is 0 Å². The van der Waals surface area contributed by atoms with Crippen LogP contribution in [0.15, 0.2) is 18.2 Å².